The van der Waals surface area contributed by atoms with Crippen LogP contribution in [0.5, 0.6) is 11.5 Å². The maximum Gasteiger partial charge on any atom is 0.248 e. The van der Waals surface area contributed by atoms with Gasteiger partial charge in [0, 0.05) is 11.8 Å². The van der Waals surface area contributed by atoms with E-state index in [9.17, 15) is 4.79 Å². The zero-order valence-corrected chi connectivity index (χ0v) is 13.0. The average Bonchev–Trinajstić information content (AvgIpc) is 2.60. The quantitative estimate of drug-likeness (QED) is 0.623. The highest BCUT2D eigenvalue weighted by molar-refractivity contribution is 6.01. The Morgan fingerprint density at radius 1 is 1.09 bits per heavy atom. The SMILES string of the molecule is C=CCOc1ccc(NC(=O)C=Cc2ccc(OC)cc2)cc1. The molecule has 2 aromatic rings. The Morgan fingerprint density at radius 3 is 2.35 bits per heavy atom. The van der Waals surface area contributed by atoms with Gasteiger partial charge in [0.15, 0.2) is 0 Å². The van der Waals surface area contributed by atoms with Crippen molar-refractivity contribution in [2.75, 3.05) is 19.0 Å². The van der Waals surface area contributed by atoms with Gasteiger partial charge in [-0.05, 0) is 48.0 Å². The largest absolute Gasteiger partial charge is 0.497 e. The number of ether oxygens (including phenoxy) is 2. The van der Waals surface area contributed by atoms with E-state index in [1.807, 2.05) is 24.3 Å². The number of rotatable bonds is 7. The van der Waals surface area contributed by atoms with Crippen LogP contribution in [0.3, 0.4) is 0 Å². The Balaban J connectivity index is 1.90. The minimum atomic E-state index is -0.194. The van der Waals surface area contributed by atoms with E-state index in [4.69, 9.17) is 9.47 Å². The Kier molecular flexibility index (Phi) is 6.00. The lowest BCUT2D eigenvalue weighted by molar-refractivity contribution is -0.111. The van der Waals surface area contributed by atoms with Crippen molar-refractivity contribution in [3.05, 3.63) is 72.8 Å². The summed E-state index contributed by atoms with van der Waals surface area (Å²) >= 11 is 0. The van der Waals surface area contributed by atoms with Crippen LogP contribution in [0.1, 0.15) is 5.56 Å². The van der Waals surface area contributed by atoms with E-state index in [0.29, 0.717) is 12.3 Å². The number of methoxy groups -OCH3 is 1. The highest BCUT2D eigenvalue weighted by atomic mass is 16.5. The van der Waals surface area contributed by atoms with Crippen molar-refractivity contribution in [1.29, 1.82) is 0 Å². The van der Waals surface area contributed by atoms with Gasteiger partial charge in [-0.3, -0.25) is 4.79 Å². The summed E-state index contributed by atoms with van der Waals surface area (Å²) in [6.07, 6.45) is 4.92. The summed E-state index contributed by atoms with van der Waals surface area (Å²) in [5.74, 6) is 1.32. The van der Waals surface area contributed by atoms with Gasteiger partial charge in [0.05, 0.1) is 7.11 Å². The normalized spacial score (nSPS) is 10.3. The highest BCUT2D eigenvalue weighted by Crippen LogP contribution is 2.16. The fourth-order valence-electron chi connectivity index (χ4n) is 1.86. The molecule has 0 aliphatic rings. The summed E-state index contributed by atoms with van der Waals surface area (Å²) in [6, 6.07) is 14.6. The summed E-state index contributed by atoms with van der Waals surface area (Å²) in [6.45, 7) is 4.05. The second kappa shape index (κ2) is 8.44. The summed E-state index contributed by atoms with van der Waals surface area (Å²) in [4.78, 5) is 11.9. The molecule has 1 amide bonds. The zero-order valence-electron chi connectivity index (χ0n) is 13.0. The molecule has 0 unspecified atom stereocenters. The molecular formula is C19H19NO3. The van der Waals surface area contributed by atoms with Crippen molar-refractivity contribution >= 4 is 17.7 Å². The number of hydrogen-bond acceptors (Lipinski definition) is 3. The lowest BCUT2D eigenvalue weighted by Crippen LogP contribution is -2.07. The molecular weight excluding hydrogens is 290 g/mol. The van der Waals surface area contributed by atoms with Crippen molar-refractivity contribution in [2.45, 2.75) is 0 Å². The van der Waals surface area contributed by atoms with Gasteiger partial charge in [-0.1, -0.05) is 24.8 Å². The number of amides is 1. The predicted molar refractivity (Wildman–Crippen MR) is 92.8 cm³/mol. The van der Waals surface area contributed by atoms with Gasteiger partial charge in [0.25, 0.3) is 0 Å². The van der Waals surface area contributed by atoms with E-state index < -0.39 is 0 Å². The van der Waals surface area contributed by atoms with E-state index in [2.05, 4.69) is 11.9 Å². The monoisotopic (exact) mass is 309 g/mol. The fraction of sp³-hybridized carbons (Fsp3) is 0.105. The molecule has 23 heavy (non-hydrogen) atoms. The van der Waals surface area contributed by atoms with E-state index in [1.54, 1.807) is 43.5 Å². The Bertz CT molecular complexity index is 673. The van der Waals surface area contributed by atoms with Gasteiger partial charge in [-0.2, -0.15) is 0 Å². The van der Waals surface area contributed by atoms with Crippen molar-refractivity contribution in [3.8, 4) is 11.5 Å². The molecule has 0 spiro atoms. The van der Waals surface area contributed by atoms with Gasteiger partial charge >= 0.3 is 0 Å². The third-order valence-electron chi connectivity index (χ3n) is 3.03. The van der Waals surface area contributed by atoms with Crippen molar-refractivity contribution in [2.24, 2.45) is 0 Å². The first-order valence-electron chi connectivity index (χ1n) is 7.18. The van der Waals surface area contributed by atoms with Crippen LogP contribution in [0.15, 0.2) is 67.3 Å². The van der Waals surface area contributed by atoms with Crippen LogP contribution in [0.2, 0.25) is 0 Å². The van der Waals surface area contributed by atoms with Gasteiger partial charge in [0.1, 0.15) is 18.1 Å². The van der Waals surface area contributed by atoms with Crippen molar-refractivity contribution in [3.63, 3.8) is 0 Å². The van der Waals surface area contributed by atoms with Crippen LogP contribution in [-0.4, -0.2) is 19.6 Å². The second-order valence-corrected chi connectivity index (χ2v) is 4.72. The number of nitrogens with one attached hydrogen (secondary N) is 1. The molecule has 4 heteroatoms. The Labute approximate surface area is 136 Å². The number of benzene rings is 2. The van der Waals surface area contributed by atoms with Crippen LogP contribution in [0.25, 0.3) is 6.08 Å². The molecule has 0 aromatic heterocycles. The number of hydrogen-bond donors (Lipinski definition) is 1. The van der Waals surface area contributed by atoms with E-state index in [0.717, 1.165) is 17.1 Å². The predicted octanol–water partition coefficient (Wildman–Crippen LogP) is 3.91. The van der Waals surface area contributed by atoms with Crippen LogP contribution in [0.4, 0.5) is 5.69 Å². The summed E-state index contributed by atoms with van der Waals surface area (Å²) in [5.41, 5.74) is 1.63. The molecule has 0 aliphatic carbocycles. The van der Waals surface area contributed by atoms with Crippen molar-refractivity contribution < 1.29 is 14.3 Å². The number of carbonyl (C=O) groups is 1. The van der Waals surface area contributed by atoms with Crippen LogP contribution in [0, 0.1) is 0 Å². The molecule has 0 aliphatic heterocycles. The molecule has 2 aromatic carbocycles. The zero-order chi connectivity index (χ0) is 16.5. The molecule has 0 fully saturated rings. The molecule has 1 N–H and O–H groups in total. The first-order valence-corrected chi connectivity index (χ1v) is 7.18. The number of carbonyl (C=O) groups excluding carboxylic acids is 1. The Hall–Kier alpha value is -3.01. The first-order chi connectivity index (χ1) is 11.2. The van der Waals surface area contributed by atoms with Gasteiger partial charge in [0.2, 0.25) is 5.91 Å². The fourth-order valence-corrected chi connectivity index (χ4v) is 1.86. The van der Waals surface area contributed by atoms with Gasteiger partial charge in [-0.15, -0.1) is 0 Å². The molecule has 2 rings (SSSR count). The van der Waals surface area contributed by atoms with E-state index in [-0.39, 0.29) is 5.91 Å². The van der Waals surface area contributed by atoms with Gasteiger partial charge in [-0.25, -0.2) is 0 Å². The highest BCUT2D eigenvalue weighted by Gasteiger charge is 1.99. The molecule has 0 bridgehead atoms. The summed E-state index contributed by atoms with van der Waals surface area (Å²) < 4.78 is 10.5. The first kappa shape index (κ1) is 16.4. The number of anilines is 1. The second-order valence-electron chi connectivity index (χ2n) is 4.72. The van der Waals surface area contributed by atoms with Crippen LogP contribution in [-0.2, 0) is 4.79 Å². The lowest BCUT2D eigenvalue weighted by Gasteiger charge is -2.05. The van der Waals surface area contributed by atoms with E-state index in [1.165, 1.54) is 6.08 Å². The van der Waals surface area contributed by atoms with E-state index >= 15 is 0 Å². The smallest absolute Gasteiger partial charge is 0.248 e. The average molecular weight is 309 g/mol. The maximum atomic E-state index is 11.9. The van der Waals surface area contributed by atoms with Crippen molar-refractivity contribution in [1.82, 2.24) is 0 Å². The third-order valence-corrected chi connectivity index (χ3v) is 3.03. The third kappa shape index (κ3) is 5.36. The topological polar surface area (TPSA) is 47.6 Å². The summed E-state index contributed by atoms with van der Waals surface area (Å²) in [7, 11) is 1.62. The minimum absolute atomic E-state index is 0.194. The molecule has 118 valence electrons. The minimum Gasteiger partial charge on any atom is -0.497 e. The van der Waals surface area contributed by atoms with Crippen LogP contribution < -0.4 is 14.8 Å². The Morgan fingerprint density at radius 2 is 1.74 bits per heavy atom. The lowest BCUT2D eigenvalue weighted by atomic mass is 10.2. The standard InChI is InChI=1S/C19H19NO3/c1-3-14-23-18-11-7-16(8-12-18)20-19(21)13-6-15-4-9-17(22-2)10-5-15/h3-13H,1,14H2,2H3,(H,20,21). The molecule has 0 saturated carbocycles. The molecule has 0 radical (unpaired) electrons. The van der Waals surface area contributed by atoms with Gasteiger partial charge < -0.3 is 14.8 Å². The molecule has 0 heterocycles. The molecule has 0 saturated heterocycles. The molecule has 0 atom stereocenters. The summed E-state index contributed by atoms with van der Waals surface area (Å²) in [5, 5.41) is 2.79. The maximum absolute atomic E-state index is 11.9. The molecule has 4 nitrogen and oxygen atoms in total. The van der Waals surface area contributed by atoms with Crippen LogP contribution >= 0.6 is 0 Å².